The molecule has 2 aromatic rings. The van der Waals surface area contributed by atoms with Crippen molar-refractivity contribution in [2.24, 2.45) is 0 Å². The van der Waals surface area contributed by atoms with E-state index in [1.54, 1.807) is 12.1 Å². The van der Waals surface area contributed by atoms with E-state index in [9.17, 15) is 17.6 Å². The van der Waals surface area contributed by atoms with E-state index < -0.39 is 11.9 Å². The number of alkyl halides is 3. The molecule has 1 aliphatic rings. The first-order valence-corrected chi connectivity index (χ1v) is 6.11. The van der Waals surface area contributed by atoms with Gasteiger partial charge in [-0.2, -0.15) is 18.3 Å². The van der Waals surface area contributed by atoms with Gasteiger partial charge in [0.05, 0.1) is 6.04 Å². The first-order valence-electron chi connectivity index (χ1n) is 6.11. The maximum absolute atomic E-state index is 12.9. The van der Waals surface area contributed by atoms with Crippen LogP contribution >= 0.6 is 0 Å². The normalized spacial score (nSPS) is 18.5. The van der Waals surface area contributed by atoms with Gasteiger partial charge in [-0.15, -0.1) is 0 Å². The van der Waals surface area contributed by atoms with Gasteiger partial charge in [-0.3, -0.25) is 0 Å². The topological polar surface area (TPSA) is 29.9 Å². The van der Waals surface area contributed by atoms with Gasteiger partial charge in [0.2, 0.25) is 0 Å². The summed E-state index contributed by atoms with van der Waals surface area (Å²) < 4.78 is 52.4. The fourth-order valence-electron chi connectivity index (χ4n) is 2.35. The van der Waals surface area contributed by atoms with E-state index in [0.717, 1.165) is 11.6 Å². The van der Waals surface area contributed by atoms with Gasteiger partial charge in [-0.25, -0.2) is 9.07 Å². The molecule has 0 saturated heterocycles. The van der Waals surface area contributed by atoms with Crippen LogP contribution in [0.1, 0.15) is 23.7 Å². The molecule has 7 heteroatoms. The average molecular weight is 285 g/mol. The van der Waals surface area contributed by atoms with Crippen LogP contribution < -0.4 is 5.32 Å². The second kappa shape index (κ2) is 4.50. The number of halogens is 4. The fraction of sp³-hybridized carbons (Fsp3) is 0.308. The summed E-state index contributed by atoms with van der Waals surface area (Å²) in [4.78, 5) is 0. The van der Waals surface area contributed by atoms with Gasteiger partial charge in [-0.1, -0.05) is 12.1 Å². The van der Waals surface area contributed by atoms with Crippen molar-refractivity contribution in [3.8, 4) is 0 Å². The van der Waals surface area contributed by atoms with Crippen molar-refractivity contribution in [1.82, 2.24) is 9.78 Å². The van der Waals surface area contributed by atoms with Crippen LogP contribution in [-0.2, 0) is 6.18 Å². The van der Waals surface area contributed by atoms with Crippen LogP contribution in [0.2, 0.25) is 0 Å². The van der Waals surface area contributed by atoms with Crippen LogP contribution in [0.3, 0.4) is 0 Å². The molecule has 0 fully saturated rings. The molecule has 0 amide bonds. The molecule has 3 rings (SSSR count). The highest BCUT2D eigenvalue weighted by Gasteiger charge is 2.36. The molecule has 1 aromatic carbocycles. The molecular formula is C13H11F4N3. The van der Waals surface area contributed by atoms with Crippen molar-refractivity contribution in [2.45, 2.75) is 18.6 Å². The van der Waals surface area contributed by atoms with Crippen LogP contribution in [0.4, 0.5) is 23.4 Å². The van der Waals surface area contributed by atoms with E-state index in [1.807, 2.05) is 0 Å². The van der Waals surface area contributed by atoms with Crippen LogP contribution in [0.5, 0.6) is 0 Å². The van der Waals surface area contributed by atoms with Crippen molar-refractivity contribution < 1.29 is 17.6 Å². The first kappa shape index (κ1) is 13.0. The Bertz CT molecular complexity index is 616. The lowest BCUT2D eigenvalue weighted by Crippen LogP contribution is -2.24. The lowest BCUT2D eigenvalue weighted by Gasteiger charge is -2.25. The van der Waals surface area contributed by atoms with Crippen molar-refractivity contribution in [3.63, 3.8) is 0 Å². The highest BCUT2D eigenvalue weighted by Crippen LogP contribution is 2.35. The Labute approximate surface area is 112 Å². The second-order valence-electron chi connectivity index (χ2n) is 4.64. The van der Waals surface area contributed by atoms with Gasteiger partial charge < -0.3 is 5.32 Å². The number of rotatable bonds is 1. The second-order valence-corrected chi connectivity index (χ2v) is 4.64. The number of anilines is 1. The number of aromatic nitrogens is 2. The molecule has 1 aliphatic heterocycles. The Kier molecular flexibility index (Phi) is 2.92. The number of nitrogens with one attached hydrogen (secondary N) is 1. The Morgan fingerprint density at radius 2 is 1.90 bits per heavy atom. The standard InChI is InChI=1S/C13H11F4N3/c14-9-3-1-8(2-4-9)10-5-6-18-12-7-11(13(15,16)17)19-20(10)12/h1-4,7,10,18H,5-6H2. The molecule has 1 N–H and O–H groups in total. The monoisotopic (exact) mass is 285 g/mol. The minimum Gasteiger partial charge on any atom is -0.370 e. The predicted molar refractivity (Wildman–Crippen MR) is 64.9 cm³/mol. The van der Waals surface area contributed by atoms with E-state index in [-0.39, 0.29) is 11.9 Å². The Balaban J connectivity index is 2.01. The van der Waals surface area contributed by atoms with Crippen LogP contribution in [-0.4, -0.2) is 16.3 Å². The number of nitrogens with zero attached hydrogens (tertiary/aromatic N) is 2. The molecule has 0 saturated carbocycles. The van der Waals surface area contributed by atoms with Gasteiger partial charge in [-0.05, 0) is 24.1 Å². The van der Waals surface area contributed by atoms with E-state index in [2.05, 4.69) is 10.4 Å². The summed E-state index contributed by atoms with van der Waals surface area (Å²) in [6, 6.07) is 6.42. The third-order valence-electron chi connectivity index (χ3n) is 3.30. The minimum atomic E-state index is -4.47. The summed E-state index contributed by atoms with van der Waals surface area (Å²) >= 11 is 0. The highest BCUT2D eigenvalue weighted by molar-refractivity contribution is 5.42. The molecule has 106 valence electrons. The summed E-state index contributed by atoms with van der Waals surface area (Å²) in [5.41, 5.74) is -0.181. The molecule has 0 spiro atoms. The zero-order chi connectivity index (χ0) is 14.3. The zero-order valence-electron chi connectivity index (χ0n) is 10.3. The van der Waals surface area contributed by atoms with Gasteiger partial charge in [0.25, 0.3) is 0 Å². The van der Waals surface area contributed by atoms with Gasteiger partial charge in [0.1, 0.15) is 11.6 Å². The molecule has 2 heterocycles. The van der Waals surface area contributed by atoms with E-state index in [0.29, 0.717) is 18.8 Å². The van der Waals surface area contributed by atoms with Crippen molar-refractivity contribution in [1.29, 1.82) is 0 Å². The maximum atomic E-state index is 12.9. The number of hydrogen-bond acceptors (Lipinski definition) is 2. The quantitative estimate of drug-likeness (QED) is 0.813. The molecule has 1 unspecified atom stereocenters. The molecule has 1 aromatic heterocycles. The van der Waals surface area contributed by atoms with E-state index in [4.69, 9.17) is 0 Å². The van der Waals surface area contributed by atoms with Gasteiger partial charge >= 0.3 is 6.18 Å². The summed E-state index contributed by atoms with van der Waals surface area (Å²) in [5.74, 6) is -0.0442. The number of benzene rings is 1. The average Bonchev–Trinajstić information content (AvgIpc) is 2.83. The molecule has 0 radical (unpaired) electrons. The number of hydrogen-bond donors (Lipinski definition) is 1. The van der Waals surface area contributed by atoms with Gasteiger partial charge in [0, 0.05) is 12.6 Å². The molecule has 0 bridgehead atoms. The molecule has 20 heavy (non-hydrogen) atoms. The third kappa shape index (κ3) is 2.23. The lowest BCUT2D eigenvalue weighted by atomic mass is 10.0. The Morgan fingerprint density at radius 3 is 2.55 bits per heavy atom. The number of fused-ring (bicyclic) bond motifs is 1. The molecule has 3 nitrogen and oxygen atoms in total. The highest BCUT2D eigenvalue weighted by atomic mass is 19.4. The summed E-state index contributed by atoms with van der Waals surface area (Å²) in [7, 11) is 0. The molecule has 0 aliphatic carbocycles. The summed E-state index contributed by atoms with van der Waals surface area (Å²) in [5, 5.41) is 6.53. The van der Waals surface area contributed by atoms with Gasteiger partial charge in [0.15, 0.2) is 5.69 Å². The summed E-state index contributed by atoms with van der Waals surface area (Å²) in [6.07, 6.45) is -3.88. The smallest absolute Gasteiger partial charge is 0.370 e. The molecule has 1 atom stereocenters. The van der Waals surface area contributed by atoms with Crippen molar-refractivity contribution in [2.75, 3.05) is 11.9 Å². The predicted octanol–water partition coefficient (Wildman–Crippen LogP) is 3.45. The van der Waals surface area contributed by atoms with Crippen LogP contribution in [0.15, 0.2) is 30.3 Å². The molecular weight excluding hydrogens is 274 g/mol. The Hall–Kier alpha value is -2.05. The largest absolute Gasteiger partial charge is 0.435 e. The zero-order valence-corrected chi connectivity index (χ0v) is 10.3. The third-order valence-corrected chi connectivity index (χ3v) is 3.30. The Morgan fingerprint density at radius 1 is 1.20 bits per heavy atom. The maximum Gasteiger partial charge on any atom is 0.435 e. The van der Waals surface area contributed by atoms with Crippen molar-refractivity contribution in [3.05, 3.63) is 47.4 Å². The minimum absolute atomic E-state index is 0.317. The SMILES string of the molecule is Fc1ccc(C2CCNc3cc(C(F)(F)F)nn32)cc1. The first-order chi connectivity index (χ1) is 9.45. The summed E-state index contributed by atoms with van der Waals surface area (Å²) in [6.45, 7) is 0.547. The lowest BCUT2D eigenvalue weighted by molar-refractivity contribution is -0.141. The van der Waals surface area contributed by atoms with E-state index >= 15 is 0 Å². The van der Waals surface area contributed by atoms with E-state index in [1.165, 1.54) is 16.8 Å². The van der Waals surface area contributed by atoms with Crippen LogP contribution in [0, 0.1) is 5.82 Å². The fourth-order valence-corrected chi connectivity index (χ4v) is 2.35. The van der Waals surface area contributed by atoms with Crippen LogP contribution in [0.25, 0.3) is 0 Å². The van der Waals surface area contributed by atoms with Crippen molar-refractivity contribution >= 4 is 5.82 Å².